The van der Waals surface area contributed by atoms with Gasteiger partial charge in [0.05, 0.1) is 12.7 Å². The first-order valence-electron chi connectivity index (χ1n) is 6.93. The topological polar surface area (TPSA) is 32.7 Å². The summed E-state index contributed by atoms with van der Waals surface area (Å²) < 4.78 is 5.39. The minimum Gasteiger partial charge on any atom is -0.494 e. The molecule has 0 saturated carbocycles. The van der Waals surface area contributed by atoms with Crippen LogP contribution < -0.4 is 4.74 Å². The molecule has 1 atom stereocenters. The molecule has 1 N–H and O–H groups in total. The SMILES string of the molecule is CCOc1ccc(C(O)CCN2CCCC2)cc1. The van der Waals surface area contributed by atoms with Crippen LogP contribution in [0.5, 0.6) is 5.75 Å². The van der Waals surface area contributed by atoms with Crippen LogP contribution in [0.4, 0.5) is 0 Å². The van der Waals surface area contributed by atoms with Gasteiger partial charge in [-0.15, -0.1) is 0 Å². The molecular weight excluding hydrogens is 226 g/mol. The highest BCUT2D eigenvalue weighted by Gasteiger charge is 2.14. The van der Waals surface area contributed by atoms with Crippen molar-refractivity contribution in [3.63, 3.8) is 0 Å². The number of aliphatic hydroxyl groups excluding tert-OH is 1. The van der Waals surface area contributed by atoms with E-state index in [1.54, 1.807) is 0 Å². The quantitative estimate of drug-likeness (QED) is 0.841. The maximum Gasteiger partial charge on any atom is 0.119 e. The summed E-state index contributed by atoms with van der Waals surface area (Å²) in [7, 11) is 0. The fourth-order valence-corrected chi connectivity index (χ4v) is 2.43. The lowest BCUT2D eigenvalue weighted by molar-refractivity contribution is 0.149. The molecule has 1 fully saturated rings. The molecule has 100 valence electrons. The van der Waals surface area contributed by atoms with Crippen LogP contribution >= 0.6 is 0 Å². The van der Waals surface area contributed by atoms with Gasteiger partial charge in [0, 0.05) is 6.54 Å². The highest BCUT2D eigenvalue weighted by atomic mass is 16.5. The Morgan fingerprint density at radius 3 is 2.50 bits per heavy atom. The van der Waals surface area contributed by atoms with Gasteiger partial charge in [0.15, 0.2) is 0 Å². The highest BCUT2D eigenvalue weighted by molar-refractivity contribution is 5.28. The maximum atomic E-state index is 10.1. The van der Waals surface area contributed by atoms with E-state index in [9.17, 15) is 5.11 Å². The van der Waals surface area contributed by atoms with Gasteiger partial charge in [0.1, 0.15) is 5.75 Å². The summed E-state index contributed by atoms with van der Waals surface area (Å²) in [5, 5.41) is 10.1. The lowest BCUT2D eigenvalue weighted by atomic mass is 10.1. The molecule has 3 heteroatoms. The second-order valence-corrected chi connectivity index (χ2v) is 4.86. The first kappa shape index (κ1) is 13.4. The van der Waals surface area contributed by atoms with E-state index < -0.39 is 0 Å². The Hall–Kier alpha value is -1.06. The van der Waals surface area contributed by atoms with Crippen molar-refractivity contribution in [1.82, 2.24) is 4.90 Å². The van der Waals surface area contributed by atoms with Gasteiger partial charge in [0.25, 0.3) is 0 Å². The van der Waals surface area contributed by atoms with E-state index >= 15 is 0 Å². The lowest BCUT2D eigenvalue weighted by Crippen LogP contribution is -2.22. The van der Waals surface area contributed by atoms with E-state index in [1.807, 2.05) is 31.2 Å². The van der Waals surface area contributed by atoms with Crippen LogP contribution in [0.1, 0.15) is 37.9 Å². The van der Waals surface area contributed by atoms with Crippen molar-refractivity contribution >= 4 is 0 Å². The van der Waals surface area contributed by atoms with Gasteiger partial charge >= 0.3 is 0 Å². The van der Waals surface area contributed by atoms with E-state index in [4.69, 9.17) is 4.74 Å². The van der Waals surface area contributed by atoms with Crippen molar-refractivity contribution in [2.24, 2.45) is 0 Å². The summed E-state index contributed by atoms with van der Waals surface area (Å²) >= 11 is 0. The molecule has 0 bridgehead atoms. The molecule has 1 aliphatic rings. The molecule has 0 aromatic heterocycles. The fourth-order valence-electron chi connectivity index (χ4n) is 2.43. The fraction of sp³-hybridized carbons (Fsp3) is 0.600. The molecule has 1 unspecified atom stereocenters. The number of likely N-dealkylation sites (tertiary alicyclic amines) is 1. The summed E-state index contributed by atoms with van der Waals surface area (Å²) in [6.45, 7) is 6.02. The van der Waals surface area contributed by atoms with E-state index in [1.165, 1.54) is 25.9 Å². The Kier molecular flexibility index (Phi) is 5.02. The van der Waals surface area contributed by atoms with Crippen molar-refractivity contribution in [3.05, 3.63) is 29.8 Å². The Bertz CT molecular complexity index is 344. The predicted molar refractivity (Wildman–Crippen MR) is 72.9 cm³/mol. The zero-order valence-corrected chi connectivity index (χ0v) is 11.1. The maximum absolute atomic E-state index is 10.1. The number of benzene rings is 1. The molecule has 0 amide bonds. The normalized spacial score (nSPS) is 17.9. The van der Waals surface area contributed by atoms with Crippen molar-refractivity contribution in [3.8, 4) is 5.75 Å². The third-order valence-corrected chi connectivity index (χ3v) is 3.49. The number of aliphatic hydroxyl groups is 1. The average molecular weight is 249 g/mol. The van der Waals surface area contributed by atoms with E-state index in [2.05, 4.69) is 4.90 Å². The van der Waals surface area contributed by atoms with Gasteiger partial charge in [-0.1, -0.05) is 12.1 Å². The molecule has 2 rings (SSSR count). The number of ether oxygens (including phenoxy) is 1. The molecule has 0 radical (unpaired) electrons. The Morgan fingerprint density at radius 2 is 1.89 bits per heavy atom. The van der Waals surface area contributed by atoms with Crippen molar-refractivity contribution in [2.45, 2.75) is 32.3 Å². The average Bonchev–Trinajstić information content (AvgIpc) is 2.90. The van der Waals surface area contributed by atoms with Gasteiger partial charge < -0.3 is 14.7 Å². The van der Waals surface area contributed by atoms with Crippen LogP contribution in [0, 0.1) is 0 Å². The molecular formula is C15H23NO2. The molecule has 1 aliphatic heterocycles. The molecule has 1 aromatic carbocycles. The van der Waals surface area contributed by atoms with Gasteiger partial charge in [-0.05, 0) is 57.0 Å². The first-order chi connectivity index (χ1) is 8.79. The zero-order valence-electron chi connectivity index (χ0n) is 11.1. The molecule has 1 saturated heterocycles. The summed E-state index contributed by atoms with van der Waals surface area (Å²) in [6, 6.07) is 7.77. The molecule has 0 aliphatic carbocycles. The zero-order chi connectivity index (χ0) is 12.8. The minimum absolute atomic E-state index is 0.360. The third kappa shape index (κ3) is 3.72. The van der Waals surface area contributed by atoms with Gasteiger partial charge in [0.2, 0.25) is 0 Å². The van der Waals surface area contributed by atoms with Crippen LogP contribution in [-0.4, -0.2) is 36.2 Å². The van der Waals surface area contributed by atoms with Crippen LogP contribution in [0.15, 0.2) is 24.3 Å². The number of rotatable bonds is 6. The first-order valence-corrected chi connectivity index (χ1v) is 6.93. The summed E-state index contributed by atoms with van der Waals surface area (Å²) in [6.07, 6.45) is 3.06. The summed E-state index contributed by atoms with van der Waals surface area (Å²) in [5.74, 6) is 0.869. The number of hydrogen-bond donors (Lipinski definition) is 1. The molecule has 0 spiro atoms. The summed E-state index contributed by atoms with van der Waals surface area (Å²) in [5.41, 5.74) is 0.984. The highest BCUT2D eigenvalue weighted by Crippen LogP contribution is 2.21. The van der Waals surface area contributed by atoms with Crippen LogP contribution in [0.2, 0.25) is 0 Å². The number of nitrogens with zero attached hydrogens (tertiary/aromatic N) is 1. The van der Waals surface area contributed by atoms with Crippen molar-refractivity contribution in [1.29, 1.82) is 0 Å². The van der Waals surface area contributed by atoms with Crippen molar-refractivity contribution in [2.75, 3.05) is 26.2 Å². The lowest BCUT2D eigenvalue weighted by Gasteiger charge is -2.17. The monoisotopic (exact) mass is 249 g/mol. The van der Waals surface area contributed by atoms with Gasteiger partial charge in [-0.25, -0.2) is 0 Å². The van der Waals surface area contributed by atoms with Crippen LogP contribution in [-0.2, 0) is 0 Å². The number of hydrogen-bond acceptors (Lipinski definition) is 3. The smallest absolute Gasteiger partial charge is 0.119 e. The van der Waals surface area contributed by atoms with Gasteiger partial charge in [-0.2, -0.15) is 0 Å². The Balaban J connectivity index is 1.81. The van der Waals surface area contributed by atoms with Crippen molar-refractivity contribution < 1.29 is 9.84 Å². The Labute approximate surface area is 109 Å². The second kappa shape index (κ2) is 6.76. The van der Waals surface area contributed by atoms with Crippen LogP contribution in [0.25, 0.3) is 0 Å². The predicted octanol–water partition coefficient (Wildman–Crippen LogP) is 2.60. The Morgan fingerprint density at radius 1 is 1.22 bits per heavy atom. The van der Waals surface area contributed by atoms with E-state index in [-0.39, 0.29) is 6.10 Å². The molecule has 1 heterocycles. The minimum atomic E-state index is -0.360. The largest absolute Gasteiger partial charge is 0.494 e. The molecule has 18 heavy (non-hydrogen) atoms. The standard InChI is InChI=1S/C15H23NO2/c1-2-18-14-7-5-13(6-8-14)15(17)9-12-16-10-3-4-11-16/h5-8,15,17H,2-4,9-12H2,1H3. The van der Waals surface area contributed by atoms with E-state index in [0.717, 1.165) is 24.3 Å². The summed E-state index contributed by atoms with van der Waals surface area (Å²) in [4.78, 5) is 2.43. The molecule has 1 aromatic rings. The second-order valence-electron chi connectivity index (χ2n) is 4.86. The van der Waals surface area contributed by atoms with Crippen LogP contribution in [0.3, 0.4) is 0 Å². The van der Waals surface area contributed by atoms with E-state index in [0.29, 0.717) is 6.61 Å². The molecule has 3 nitrogen and oxygen atoms in total. The van der Waals surface area contributed by atoms with Gasteiger partial charge in [-0.3, -0.25) is 0 Å². The third-order valence-electron chi connectivity index (χ3n) is 3.49.